The Labute approximate surface area is 164 Å². The highest BCUT2D eigenvalue weighted by Crippen LogP contribution is 2.39. The first-order chi connectivity index (χ1) is 13.7. The van der Waals surface area contributed by atoms with Crippen molar-refractivity contribution in [3.05, 3.63) is 53.5 Å². The lowest BCUT2D eigenvalue weighted by molar-refractivity contribution is 0.186. The quantitative estimate of drug-likeness (QED) is 0.522. The Bertz CT molecular complexity index is 908. The van der Waals surface area contributed by atoms with Crippen LogP contribution in [0.5, 0.6) is 0 Å². The summed E-state index contributed by atoms with van der Waals surface area (Å²) < 4.78 is 5.38. The van der Waals surface area contributed by atoms with Gasteiger partial charge in [-0.3, -0.25) is 5.10 Å². The molecule has 1 fully saturated rings. The first kappa shape index (κ1) is 18.4. The number of benzene rings is 1. The zero-order chi connectivity index (χ0) is 19.3. The van der Waals surface area contributed by atoms with Gasteiger partial charge in [0.25, 0.3) is 0 Å². The van der Waals surface area contributed by atoms with Crippen LogP contribution in [-0.4, -0.2) is 38.9 Å². The van der Waals surface area contributed by atoms with E-state index in [0.717, 1.165) is 17.1 Å². The molecule has 0 amide bonds. The SMILES string of the molecule is CCc1nc(Nc2cc(C3CC3)[nH]n2)nc(NC(COC)c2ccccc2)n1. The van der Waals surface area contributed by atoms with Crippen LogP contribution in [0, 0.1) is 0 Å². The smallest absolute Gasteiger partial charge is 0.233 e. The largest absolute Gasteiger partial charge is 0.382 e. The average molecular weight is 379 g/mol. The zero-order valence-corrected chi connectivity index (χ0v) is 16.1. The second-order valence-corrected chi connectivity index (χ2v) is 6.92. The molecule has 0 bridgehead atoms. The van der Waals surface area contributed by atoms with Crippen molar-refractivity contribution in [1.29, 1.82) is 0 Å². The molecule has 146 valence electrons. The third-order valence-electron chi connectivity index (χ3n) is 4.69. The second-order valence-electron chi connectivity index (χ2n) is 6.92. The number of rotatable bonds is 9. The molecule has 1 unspecified atom stereocenters. The van der Waals surface area contributed by atoms with Gasteiger partial charge in [0.05, 0.1) is 12.6 Å². The van der Waals surface area contributed by atoms with Gasteiger partial charge in [-0.25, -0.2) is 0 Å². The minimum absolute atomic E-state index is 0.0574. The topological polar surface area (TPSA) is 101 Å². The zero-order valence-electron chi connectivity index (χ0n) is 16.1. The summed E-state index contributed by atoms with van der Waals surface area (Å²) in [6.07, 6.45) is 3.16. The van der Waals surface area contributed by atoms with Crippen LogP contribution in [0.1, 0.15) is 48.8 Å². The maximum atomic E-state index is 5.38. The van der Waals surface area contributed by atoms with Crippen molar-refractivity contribution in [2.75, 3.05) is 24.4 Å². The Balaban J connectivity index is 1.54. The summed E-state index contributed by atoms with van der Waals surface area (Å²) in [4.78, 5) is 13.6. The lowest BCUT2D eigenvalue weighted by Crippen LogP contribution is -2.19. The number of methoxy groups -OCH3 is 1. The van der Waals surface area contributed by atoms with Gasteiger partial charge in [0.15, 0.2) is 5.82 Å². The van der Waals surface area contributed by atoms with Crippen molar-refractivity contribution in [3.8, 4) is 0 Å². The van der Waals surface area contributed by atoms with Gasteiger partial charge < -0.3 is 15.4 Å². The standard InChI is InChI=1S/C20H25N7O/c1-3-17-22-19(21-16(12-28-2)13-7-5-4-6-8-13)25-20(23-17)24-18-11-15(26-27-18)14-9-10-14/h4-8,11,14,16H,3,9-10,12H2,1-2H3,(H3,21,22,23,24,25,26,27). The molecule has 2 aromatic heterocycles. The highest BCUT2D eigenvalue weighted by molar-refractivity contribution is 5.50. The molecule has 8 nitrogen and oxygen atoms in total. The molecule has 1 atom stereocenters. The summed E-state index contributed by atoms with van der Waals surface area (Å²) in [6.45, 7) is 2.52. The van der Waals surface area contributed by atoms with E-state index in [0.29, 0.717) is 36.7 Å². The van der Waals surface area contributed by atoms with E-state index in [-0.39, 0.29) is 6.04 Å². The lowest BCUT2D eigenvalue weighted by Gasteiger charge is -2.19. The highest BCUT2D eigenvalue weighted by atomic mass is 16.5. The number of aryl methyl sites for hydroxylation is 1. The van der Waals surface area contributed by atoms with Crippen LogP contribution < -0.4 is 10.6 Å². The summed E-state index contributed by atoms with van der Waals surface area (Å²) in [5.74, 6) is 3.04. The van der Waals surface area contributed by atoms with E-state index in [4.69, 9.17) is 4.74 Å². The van der Waals surface area contributed by atoms with Crippen molar-refractivity contribution >= 4 is 17.7 Å². The molecular weight excluding hydrogens is 354 g/mol. The Morgan fingerprint density at radius 1 is 1.14 bits per heavy atom. The van der Waals surface area contributed by atoms with Gasteiger partial charge in [-0.15, -0.1) is 0 Å². The van der Waals surface area contributed by atoms with Gasteiger partial charge in [-0.2, -0.15) is 20.1 Å². The molecule has 0 aliphatic heterocycles. The molecule has 3 aromatic rings. The van der Waals surface area contributed by atoms with Gasteiger partial charge in [0, 0.05) is 31.2 Å². The minimum atomic E-state index is -0.0574. The number of nitrogens with zero attached hydrogens (tertiary/aromatic N) is 4. The van der Waals surface area contributed by atoms with E-state index < -0.39 is 0 Å². The van der Waals surface area contributed by atoms with Crippen LogP contribution in [0.15, 0.2) is 36.4 Å². The van der Waals surface area contributed by atoms with Gasteiger partial charge >= 0.3 is 0 Å². The fourth-order valence-corrected chi connectivity index (χ4v) is 3.05. The van der Waals surface area contributed by atoms with Gasteiger partial charge in [-0.1, -0.05) is 37.3 Å². The molecule has 2 heterocycles. The van der Waals surface area contributed by atoms with E-state index in [1.807, 2.05) is 31.2 Å². The third-order valence-corrected chi connectivity index (χ3v) is 4.69. The van der Waals surface area contributed by atoms with Gasteiger partial charge in [-0.05, 0) is 18.4 Å². The van der Waals surface area contributed by atoms with Crippen LogP contribution in [0.25, 0.3) is 0 Å². The van der Waals surface area contributed by atoms with Crippen molar-refractivity contribution in [1.82, 2.24) is 25.1 Å². The molecule has 1 saturated carbocycles. The molecule has 4 rings (SSSR count). The van der Waals surface area contributed by atoms with Crippen molar-refractivity contribution in [2.24, 2.45) is 0 Å². The molecule has 1 aliphatic rings. The number of aromatic amines is 1. The molecule has 0 saturated heterocycles. The molecule has 0 radical (unpaired) electrons. The third kappa shape index (κ3) is 4.45. The molecule has 1 aliphatic carbocycles. The predicted octanol–water partition coefficient (Wildman–Crippen LogP) is 3.58. The summed E-state index contributed by atoms with van der Waals surface area (Å²) in [7, 11) is 1.69. The fourth-order valence-electron chi connectivity index (χ4n) is 3.05. The molecule has 3 N–H and O–H groups in total. The highest BCUT2D eigenvalue weighted by Gasteiger charge is 2.25. The van der Waals surface area contributed by atoms with E-state index in [2.05, 4.69) is 47.9 Å². The summed E-state index contributed by atoms with van der Waals surface area (Å²) in [6, 6.07) is 12.1. The van der Waals surface area contributed by atoms with Crippen molar-refractivity contribution in [2.45, 2.75) is 38.1 Å². The van der Waals surface area contributed by atoms with Crippen molar-refractivity contribution in [3.63, 3.8) is 0 Å². The van der Waals surface area contributed by atoms with Crippen LogP contribution in [0.4, 0.5) is 17.7 Å². The molecule has 1 aromatic carbocycles. The van der Waals surface area contributed by atoms with E-state index in [1.165, 1.54) is 12.8 Å². The summed E-state index contributed by atoms with van der Waals surface area (Å²) >= 11 is 0. The predicted molar refractivity (Wildman–Crippen MR) is 108 cm³/mol. The molecule has 8 heteroatoms. The lowest BCUT2D eigenvalue weighted by atomic mass is 10.1. The first-order valence-electron chi connectivity index (χ1n) is 9.63. The fraction of sp³-hybridized carbons (Fsp3) is 0.400. The maximum Gasteiger partial charge on any atom is 0.233 e. The number of H-pyrrole nitrogens is 1. The molecular formula is C20H25N7O. The van der Waals surface area contributed by atoms with Crippen LogP contribution >= 0.6 is 0 Å². The number of hydrogen-bond acceptors (Lipinski definition) is 7. The number of anilines is 3. The number of aromatic nitrogens is 5. The van der Waals surface area contributed by atoms with Crippen LogP contribution in [0.2, 0.25) is 0 Å². The van der Waals surface area contributed by atoms with E-state index in [9.17, 15) is 0 Å². The van der Waals surface area contributed by atoms with Crippen molar-refractivity contribution < 1.29 is 4.74 Å². The van der Waals surface area contributed by atoms with Gasteiger partial charge in [0.2, 0.25) is 11.9 Å². The molecule has 0 spiro atoms. The van der Waals surface area contributed by atoms with E-state index in [1.54, 1.807) is 7.11 Å². The molecule has 28 heavy (non-hydrogen) atoms. The Morgan fingerprint density at radius 3 is 2.64 bits per heavy atom. The number of nitrogens with one attached hydrogen (secondary N) is 3. The minimum Gasteiger partial charge on any atom is -0.382 e. The Hall–Kier alpha value is -3.00. The normalized spacial score (nSPS) is 14.6. The Morgan fingerprint density at radius 2 is 1.93 bits per heavy atom. The first-order valence-corrected chi connectivity index (χ1v) is 9.63. The van der Waals surface area contributed by atoms with Crippen LogP contribution in [-0.2, 0) is 11.2 Å². The summed E-state index contributed by atoms with van der Waals surface area (Å²) in [5.41, 5.74) is 2.27. The van der Waals surface area contributed by atoms with Crippen LogP contribution in [0.3, 0.4) is 0 Å². The summed E-state index contributed by atoms with van der Waals surface area (Å²) in [5, 5.41) is 14.0. The van der Waals surface area contributed by atoms with E-state index >= 15 is 0 Å². The second kappa shape index (κ2) is 8.35. The maximum absolute atomic E-state index is 5.38. The average Bonchev–Trinajstić information content (AvgIpc) is 3.47. The number of ether oxygens (including phenoxy) is 1. The number of hydrogen-bond donors (Lipinski definition) is 3. The van der Waals surface area contributed by atoms with Gasteiger partial charge in [0.1, 0.15) is 5.82 Å². The Kier molecular flexibility index (Phi) is 5.48. The monoisotopic (exact) mass is 379 g/mol.